The van der Waals surface area contributed by atoms with Crippen LogP contribution in [0.4, 0.5) is 0 Å². The van der Waals surface area contributed by atoms with E-state index in [1.54, 1.807) is 13.8 Å². The van der Waals surface area contributed by atoms with Gasteiger partial charge in [-0.1, -0.05) is 104 Å². The summed E-state index contributed by atoms with van der Waals surface area (Å²) < 4.78 is 0. The topological polar surface area (TPSA) is 74.6 Å². The van der Waals surface area contributed by atoms with Gasteiger partial charge in [0.15, 0.2) is 11.6 Å². The van der Waals surface area contributed by atoms with E-state index in [1.165, 1.54) is 90.9 Å². The normalized spacial score (nSPS) is 12.1. The predicted octanol–water partition coefficient (Wildman–Crippen LogP) is 9.87. The zero-order valence-corrected chi connectivity index (χ0v) is 24.7. The number of aliphatic hydroxyl groups is 2. The van der Waals surface area contributed by atoms with Crippen LogP contribution in [0.25, 0.3) is 0 Å². The van der Waals surface area contributed by atoms with Crippen molar-refractivity contribution in [3.63, 3.8) is 0 Å². The Kier molecular flexibility index (Phi) is 30.3. The van der Waals surface area contributed by atoms with Gasteiger partial charge in [-0.2, -0.15) is 0 Å². The Morgan fingerprint density at radius 2 is 0.686 bits per heavy atom. The van der Waals surface area contributed by atoms with Gasteiger partial charge in [-0.15, -0.1) is 0 Å². The maximum absolute atomic E-state index is 11.2. The maximum atomic E-state index is 11.2. The van der Waals surface area contributed by atoms with Crippen LogP contribution in [0.5, 0.6) is 0 Å². The van der Waals surface area contributed by atoms with E-state index in [9.17, 15) is 19.8 Å². The van der Waals surface area contributed by atoms with Crippen molar-refractivity contribution in [2.75, 3.05) is 0 Å². The predicted molar refractivity (Wildman–Crippen MR) is 146 cm³/mol. The van der Waals surface area contributed by atoms with Crippen molar-refractivity contribution in [3.05, 3.63) is 22.7 Å². The number of unbranched alkanes of at least 4 members (excludes halogenated alkanes) is 14. The molecule has 5 heteroatoms. The molecule has 0 aliphatic heterocycles. The average molecular weight is 544 g/mol. The Morgan fingerprint density at radius 3 is 0.886 bits per heavy atom. The molecule has 0 saturated heterocycles. The van der Waals surface area contributed by atoms with Gasteiger partial charge in [-0.3, -0.25) is 9.59 Å². The summed E-state index contributed by atoms with van der Waals surface area (Å²) in [5.41, 5.74) is 1.21. The first-order chi connectivity index (χ1) is 16.2. The standard InChI is InChI=1S/2C15H28O2.Cu/c2*1-4-5-6-7-8-9-10-11-12-15(13(2)16)14(3)17;/h2*16H,4-12H2,1-3H3;/b2*15-13-;. The fraction of sp³-hybridized carbons (Fsp3) is 0.800. The molecular weight excluding hydrogens is 488 g/mol. The molecule has 0 bridgehead atoms. The summed E-state index contributed by atoms with van der Waals surface area (Å²) in [5.74, 6) is 0.404. The smallest absolute Gasteiger partial charge is 0.159 e. The number of Topliss-reactive ketones (excluding diaryl/α,β-unsaturated/α-hetero) is 2. The summed E-state index contributed by atoms with van der Waals surface area (Å²) in [4.78, 5) is 22.4. The zero-order valence-electron chi connectivity index (χ0n) is 23.7. The van der Waals surface area contributed by atoms with Crippen LogP contribution < -0.4 is 0 Å². The summed E-state index contributed by atoms with van der Waals surface area (Å²) in [6.07, 6.45) is 21.6. The Hall–Kier alpha value is -1.06. The third-order valence-corrected chi connectivity index (χ3v) is 6.28. The second-order valence-electron chi connectivity index (χ2n) is 9.69. The van der Waals surface area contributed by atoms with Crippen LogP contribution in [0.3, 0.4) is 0 Å². The monoisotopic (exact) mass is 543 g/mol. The minimum Gasteiger partial charge on any atom is -0.512 e. The van der Waals surface area contributed by atoms with Crippen LogP contribution in [-0.2, 0) is 26.7 Å². The molecular formula is C30H56CuO4. The molecule has 0 spiro atoms. The quantitative estimate of drug-likeness (QED) is 0.0693. The number of allylic oxidation sites excluding steroid dienone is 4. The molecule has 0 aromatic carbocycles. The molecule has 0 rings (SSSR count). The summed E-state index contributed by atoms with van der Waals surface area (Å²) in [6, 6.07) is 0. The van der Waals surface area contributed by atoms with E-state index in [0.717, 1.165) is 38.5 Å². The van der Waals surface area contributed by atoms with Gasteiger partial charge >= 0.3 is 0 Å². The molecule has 0 aromatic rings. The molecule has 0 aliphatic carbocycles. The van der Waals surface area contributed by atoms with Crippen molar-refractivity contribution >= 4 is 11.6 Å². The summed E-state index contributed by atoms with van der Waals surface area (Å²) in [5, 5.41) is 18.7. The third-order valence-electron chi connectivity index (χ3n) is 6.28. The van der Waals surface area contributed by atoms with E-state index in [0.29, 0.717) is 11.1 Å². The molecule has 0 fully saturated rings. The first-order valence-corrected chi connectivity index (χ1v) is 14.0. The molecule has 0 unspecified atom stereocenters. The first kappa shape index (κ1) is 38.5. The molecule has 4 nitrogen and oxygen atoms in total. The van der Waals surface area contributed by atoms with Crippen molar-refractivity contribution in [1.29, 1.82) is 0 Å². The van der Waals surface area contributed by atoms with Gasteiger partial charge < -0.3 is 10.2 Å². The molecule has 35 heavy (non-hydrogen) atoms. The fourth-order valence-corrected chi connectivity index (χ4v) is 4.09. The summed E-state index contributed by atoms with van der Waals surface area (Å²) in [7, 11) is 0. The van der Waals surface area contributed by atoms with E-state index < -0.39 is 0 Å². The Balaban J connectivity index is -0.000000569. The van der Waals surface area contributed by atoms with Crippen LogP contribution in [-0.4, -0.2) is 21.8 Å². The summed E-state index contributed by atoms with van der Waals surface area (Å²) in [6.45, 7) is 10.7. The number of hydrogen-bond acceptors (Lipinski definition) is 4. The first-order valence-electron chi connectivity index (χ1n) is 14.0. The number of carbonyl (C=O) groups is 2. The van der Waals surface area contributed by atoms with Crippen LogP contribution in [0.1, 0.15) is 157 Å². The van der Waals surface area contributed by atoms with E-state index >= 15 is 0 Å². The Bertz CT molecular complexity index is 533. The molecule has 0 heterocycles. The minimum absolute atomic E-state index is 0. The number of aliphatic hydroxyl groups excluding tert-OH is 2. The van der Waals surface area contributed by atoms with Gasteiger partial charge in [0.25, 0.3) is 0 Å². The molecule has 0 aliphatic rings. The Morgan fingerprint density at radius 1 is 0.457 bits per heavy atom. The molecule has 0 aromatic heterocycles. The van der Waals surface area contributed by atoms with Crippen molar-refractivity contribution in [2.45, 2.75) is 157 Å². The van der Waals surface area contributed by atoms with Crippen LogP contribution >= 0.6 is 0 Å². The minimum atomic E-state index is 0. The Labute approximate surface area is 227 Å². The maximum Gasteiger partial charge on any atom is 0.159 e. The van der Waals surface area contributed by atoms with Gasteiger partial charge in [0.05, 0.1) is 11.5 Å². The van der Waals surface area contributed by atoms with Gasteiger partial charge in [0.2, 0.25) is 0 Å². The molecule has 0 saturated carbocycles. The third kappa shape index (κ3) is 25.8. The number of hydrogen-bond donors (Lipinski definition) is 2. The molecule has 1 radical (unpaired) electrons. The molecule has 0 atom stereocenters. The average Bonchev–Trinajstić information content (AvgIpc) is 2.76. The van der Waals surface area contributed by atoms with Gasteiger partial charge in [-0.05, 0) is 53.4 Å². The van der Waals surface area contributed by atoms with Gasteiger partial charge in [-0.25, -0.2) is 0 Å². The van der Waals surface area contributed by atoms with Crippen molar-refractivity contribution in [3.8, 4) is 0 Å². The van der Waals surface area contributed by atoms with E-state index in [-0.39, 0.29) is 40.2 Å². The largest absolute Gasteiger partial charge is 0.512 e. The molecule has 2 N–H and O–H groups in total. The van der Waals surface area contributed by atoms with E-state index in [1.807, 2.05) is 0 Å². The molecule has 211 valence electrons. The second kappa shape index (κ2) is 27.5. The summed E-state index contributed by atoms with van der Waals surface area (Å²) >= 11 is 0. The van der Waals surface area contributed by atoms with E-state index in [2.05, 4.69) is 13.8 Å². The number of rotatable bonds is 20. The zero-order chi connectivity index (χ0) is 26.2. The van der Waals surface area contributed by atoms with Gasteiger partial charge in [0, 0.05) is 28.2 Å². The fourth-order valence-electron chi connectivity index (χ4n) is 4.09. The molecule has 0 amide bonds. The second-order valence-corrected chi connectivity index (χ2v) is 9.69. The van der Waals surface area contributed by atoms with Crippen LogP contribution in [0.15, 0.2) is 22.7 Å². The number of carbonyl (C=O) groups excluding carboxylic acids is 2. The van der Waals surface area contributed by atoms with Crippen molar-refractivity contribution in [2.24, 2.45) is 0 Å². The van der Waals surface area contributed by atoms with E-state index in [4.69, 9.17) is 0 Å². The van der Waals surface area contributed by atoms with Crippen molar-refractivity contribution < 1.29 is 36.9 Å². The van der Waals surface area contributed by atoms with Gasteiger partial charge in [0.1, 0.15) is 0 Å². The van der Waals surface area contributed by atoms with Crippen LogP contribution in [0, 0.1) is 0 Å². The van der Waals surface area contributed by atoms with Crippen molar-refractivity contribution in [1.82, 2.24) is 0 Å². The van der Waals surface area contributed by atoms with Crippen LogP contribution in [0.2, 0.25) is 0 Å². The number of ketones is 2. The SMILES string of the molecule is CCCCCCCCCC/C(C(C)=O)=C(\C)O.CCCCCCCCCC/C(C(C)=O)=C(\C)O.[Cu].